The van der Waals surface area contributed by atoms with E-state index in [0.717, 1.165) is 5.56 Å². The molecule has 4 unspecified atom stereocenters. The van der Waals surface area contributed by atoms with E-state index in [1.54, 1.807) is 0 Å². The number of hydrogen-bond donors (Lipinski definition) is 7. The van der Waals surface area contributed by atoms with Crippen LogP contribution in [0.4, 0.5) is 0 Å². The first-order valence-corrected chi connectivity index (χ1v) is 12.9. The Labute approximate surface area is 215 Å². The van der Waals surface area contributed by atoms with Crippen molar-refractivity contribution < 1.29 is 24.3 Å². The standard InChI is InChI=1S/C23H37N7O5S/c1-14(22(34)35)28-20(32)18(10-12-36-2)30-21(33)17(9-6-11-27-23(25)26)29-19(31)16(24)13-15-7-4-3-5-8-15/h3-5,7-8,14,16-18H,6,9-13,24H2,1-2H3,(H,28,32)(H,29,31)(H,30,33)(H,34,35)(H4,25,26,27). The number of carbonyl (C=O) groups is 4. The lowest BCUT2D eigenvalue weighted by molar-refractivity contribution is -0.141. The second kappa shape index (κ2) is 16.4. The molecule has 1 aromatic carbocycles. The molecule has 13 heteroatoms. The summed E-state index contributed by atoms with van der Waals surface area (Å²) >= 11 is 1.47. The Bertz CT molecular complexity index is 896. The number of amides is 3. The first-order chi connectivity index (χ1) is 17.0. The van der Waals surface area contributed by atoms with Crippen molar-refractivity contribution in [1.82, 2.24) is 16.0 Å². The molecule has 1 aromatic rings. The van der Waals surface area contributed by atoms with Crippen LogP contribution in [0.3, 0.4) is 0 Å². The maximum Gasteiger partial charge on any atom is 0.325 e. The molecule has 12 nitrogen and oxygen atoms in total. The van der Waals surface area contributed by atoms with Crippen LogP contribution < -0.4 is 33.2 Å². The molecule has 0 aliphatic rings. The van der Waals surface area contributed by atoms with Crippen LogP contribution >= 0.6 is 11.8 Å². The molecule has 0 fully saturated rings. The summed E-state index contributed by atoms with van der Waals surface area (Å²) in [4.78, 5) is 53.6. The fourth-order valence-electron chi connectivity index (χ4n) is 3.16. The van der Waals surface area contributed by atoms with E-state index < -0.39 is 47.9 Å². The molecular formula is C23H37N7O5S. The smallest absolute Gasteiger partial charge is 0.325 e. The van der Waals surface area contributed by atoms with E-state index >= 15 is 0 Å². The van der Waals surface area contributed by atoms with Crippen LogP contribution in [0.1, 0.15) is 31.7 Å². The fraction of sp³-hybridized carbons (Fsp3) is 0.522. The monoisotopic (exact) mass is 523 g/mol. The van der Waals surface area contributed by atoms with Gasteiger partial charge in [-0.05, 0) is 50.2 Å². The van der Waals surface area contributed by atoms with E-state index in [-0.39, 0.29) is 31.8 Å². The number of carbonyl (C=O) groups excluding carboxylic acids is 3. The fourth-order valence-corrected chi connectivity index (χ4v) is 3.64. The third-order valence-electron chi connectivity index (χ3n) is 5.19. The van der Waals surface area contributed by atoms with Crippen molar-refractivity contribution >= 4 is 41.4 Å². The number of aliphatic carboxylic acids is 1. The highest BCUT2D eigenvalue weighted by Gasteiger charge is 2.29. The van der Waals surface area contributed by atoms with E-state index in [4.69, 9.17) is 22.3 Å². The zero-order valence-corrected chi connectivity index (χ0v) is 21.4. The Morgan fingerprint density at radius 3 is 2.14 bits per heavy atom. The summed E-state index contributed by atoms with van der Waals surface area (Å²) in [6.07, 6.45) is 2.96. The largest absolute Gasteiger partial charge is 0.480 e. The average molecular weight is 524 g/mol. The highest BCUT2D eigenvalue weighted by molar-refractivity contribution is 7.98. The minimum Gasteiger partial charge on any atom is -0.480 e. The van der Waals surface area contributed by atoms with Crippen LogP contribution in [-0.4, -0.2) is 77.5 Å². The van der Waals surface area contributed by atoms with Gasteiger partial charge in [0.25, 0.3) is 0 Å². The number of rotatable bonds is 16. The Morgan fingerprint density at radius 2 is 1.56 bits per heavy atom. The van der Waals surface area contributed by atoms with Gasteiger partial charge < -0.3 is 38.3 Å². The summed E-state index contributed by atoms with van der Waals surface area (Å²) in [5.74, 6) is -2.49. The number of nitrogens with zero attached hydrogens (tertiary/aromatic N) is 1. The van der Waals surface area contributed by atoms with Gasteiger partial charge in [-0.3, -0.25) is 24.2 Å². The molecule has 0 bridgehead atoms. The normalized spacial score (nSPS) is 14.0. The third kappa shape index (κ3) is 11.9. The van der Waals surface area contributed by atoms with Gasteiger partial charge in [0.05, 0.1) is 6.04 Å². The Hall–Kier alpha value is -3.32. The lowest BCUT2D eigenvalue weighted by Crippen LogP contribution is -2.57. The quantitative estimate of drug-likeness (QED) is 0.0795. The summed E-state index contributed by atoms with van der Waals surface area (Å²) < 4.78 is 0. The van der Waals surface area contributed by atoms with Crippen molar-refractivity contribution in [3.8, 4) is 0 Å². The van der Waals surface area contributed by atoms with Gasteiger partial charge in [0, 0.05) is 6.54 Å². The zero-order chi connectivity index (χ0) is 27.1. The topological polar surface area (TPSA) is 215 Å². The van der Waals surface area contributed by atoms with Gasteiger partial charge in [-0.15, -0.1) is 0 Å². The molecule has 3 amide bonds. The van der Waals surface area contributed by atoms with Crippen molar-refractivity contribution in [1.29, 1.82) is 0 Å². The number of guanidine groups is 1. The number of thioether (sulfide) groups is 1. The molecule has 0 spiro atoms. The minimum absolute atomic E-state index is 0.0914. The lowest BCUT2D eigenvalue weighted by atomic mass is 10.0. The van der Waals surface area contributed by atoms with Crippen LogP contribution in [0.25, 0.3) is 0 Å². The van der Waals surface area contributed by atoms with Crippen LogP contribution in [0.15, 0.2) is 35.3 Å². The van der Waals surface area contributed by atoms with Gasteiger partial charge in [-0.2, -0.15) is 11.8 Å². The van der Waals surface area contributed by atoms with E-state index in [2.05, 4.69) is 20.9 Å². The van der Waals surface area contributed by atoms with Crippen LogP contribution in [0.2, 0.25) is 0 Å². The average Bonchev–Trinajstić information content (AvgIpc) is 2.83. The van der Waals surface area contributed by atoms with Gasteiger partial charge in [-0.25, -0.2) is 0 Å². The molecule has 0 saturated heterocycles. The molecular weight excluding hydrogens is 486 g/mol. The van der Waals surface area contributed by atoms with Crippen molar-refractivity contribution in [2.24, 2.45) is 22.2 Å². The third-order valence-corrected chi connectivity index (χ3v) is 5.83. The van der Waals surface area contributed by atoms with E-state index in [1.165, 1.54) is 18.7 Å². The van der Waals surface area contributed by atoms with Gasteiger partial charge >= 0.3 is 5.97 Å². The van der Waals surface area contributed by atoms with E-state index in [1.807, 2.05) is 36.6 Å². The van der Waals surface area contributed by atoms with Gasteiger partial charge in [0.2, 0.25) is 17.7 Å². The number of benzene rings is 1. The van der Waals surface area contributed by atoms with Crippen LogP contribution in [0.5, 0.6) is 0 Å². The maximum absolute atomic E-state index is 13.1. The first-order valence-electron chi connectivity index (χ1n) is 11.5. The van der Waals surface area contributed by atoms with Gasteiger partial charge in [0.1, 0.15) is 18.1 Å². The van der Waals surface area contributed by atoms with E-state index in [0.29, 0.717) is 12.2 Å². The van der Waals surface area contributed by atoms with Gasteiger partial charge in [0.15, 0.2) is 5.96 Å². The predicted octanol–water partition coefficient (Wildman–Crippen LogP) is -1.08. The molecule has 0 aromatic heterocycles. The first kappa shape index (κ1) is 30.7. The Balaban J connectivity index is 2.94. The predicted molar refractivity (Wildman–Crippen MR) is 140 cm³/mol. The SMILES string of the molecule is CSCCC(NC(=O)C(CCCN=C(N)N)NC(=O)C(N)Cc1ccccc1)C(=O)NC(C)C(=O)O. The molecule has 10 N–H and O–H groups in total. The molecule has 36 heavy (non-hydrogen) atoms. The molecule has 4 atom stereocenters. The number of aliphatic imine (C=N–C) groups is 1. The second-order valence-electron chi connectivity index (χ2n) is 8.22. The molecule has 0 radical (unpaired) electrons. The van der Waals surface area contributed by atoms with Crippen molar-refractivity contribution in [3.05, 3.63) is 35.9 Å². The molecule has 1 rings (SSSR count). The highest BCUT2D eigenvalue weighted by atomic mass is 32.2. The minimum atomic E-state index is -1.20. The molecule has 0 saturated carbocycles. The van der Waals surface area contributed by atoms with Crippen molar-refractivity contribution in [2.75, 3.05) is 18.6 Å². The number of carboxylic acids is 1. The van der Waals surface area contributed by atoms with E-state index in [9.17, 15) is 19.2 Å². The number of carboxylic acid groups (broad SMARTS) is 1. The molecule has 0 aliphatic carbocycles. The summed E-state index contributed by atoms with van der Waals surface area (Å²) in [6.45, 7) is 1.57. The molecule has 0 heterocycles. The van der Waals surface area contributed by atoms with Gasteiger partial charge in [-0.1, -0.05) is 30.3 Å². The zero-order valence-electron chi connectivity index (χ0n) is 20.6. The Morgan fingerprint density at radius 1 is 0.972 bits per heavy atom. The number of nitrogens with one attached hydrogen (secondary N) is 3. The van der Waals surface area contributed by atoms with Crippen LogP contribution in [-0.2, 0) is 25.6 Å². The Kier molecular flexibility index (Phi) is 14.0. The maximum atomic E-state index is 13.1. The van der Waals surface area contributed by atoms with Crippen molar-refractivity contribution in [2.45, 2.75) is 56.8 Å². The summed E-state index contributed by atoms with van der Waals surface area (Å²) in [5, 5.41) is 16.8. The highest BCUT2D eigenvalue weighted by Crippen LogP contribution is 2.07. The lowest BCUT2D eigenvalue weighted by Gasteiger charge is -2.24. The number of hydrogen-bond acceptors (Lipinski definition) is 7. The van der Waals surface area contributed by atoms with Crippen molar-refractivity contribution in [3.63, 3.8) is 0 Å². The number of nitrogens with two attached hydrogens (primary N) is 3. The molecule has 200 valence electrons. The summed E-state index contributed by atoms with van der Waals surface area (Å²) in [6, 6.07) is 5.21. The second-order valence-corrected chi connectivity index (χ2v) is 9.20. The summed E-state index contributed by atoms with van der Waals surface area (Å²) in [7, 11) is 0. The molecule has 0 aliphatic heterocycles. The van der Waals surface area contributed by atoms with Crippen LogP contribution in [0, 0.1) is 0 Å². The summed E-state index contributed by atoms with van der Waals surface area (Å²) in [5.41, 5.74) is 17.6.